The van der Waals surface area contributed by atoms with Gasteiger partial charge in [-0.2, -0.15) is 13.2 Å². The van der Waals surface area contributed by atoms with Crippen molar-refractivity contribution in [1.29, 1.82) is 0 Å². The van der Waals surface area contributed by atoms with Gasteiger partial charge in [0.15, 0.2) is 0 Å². The molecule has 0 aromatic rings. The Kier molecular flexibility index (Phi) is 9.53. The van der Waals surface area contributed by atoms with E-state index in [-0.39, 0.29) is 31.4 Å². The van der Waals surface area contributed by atoms with Crippen LogP contribution in [0.15, 0.2) is 0 Å². The molecule has 23 heavy (non-hydrogen) atoms. The molecule has 0 aliphatic carbocycles. The summed E-state index contributed by atoms with van der Waals surface area (Å²) in [4.78, 5) is 26.7. The predicted molar refractivity (Wildman–Crippen MR) is 83.4 cm³/mol. The summed E-state index contributed by atoms with van der Waals surface area (Å²) >= 11 is 0. The summed E-state index contributed by atoms with van der Waals surface area (Å²) in [5.41, 5.74) is 0. The summed E-state index contributed by atoms with van der Waals surface area (Å²) in [6.45, 7) is 1.65. The Balaban J connectivity index is 0.00000484. The number of nitrogens with zero attached hydrogens (tertiary/aromatic N) is 2. The zero-order valence-electron chi connectivity index (χ0n) is 13.5. The fourth-order valence-electron chi connectivity index (χ4n) is 2.62. The molecule has 1 heterocycles. The largest absolute Gasteiger partial charge is 0.406 e. The van der Waals surface area contributed by atoms with Crippen LogP contribution in [-0.4, -0.2) is 67.6 Å². The van der Waals surface area contributed by atoms with Crippen LogP contribution in [0.5, 0.6) is 0 Å². The van der Waals surface area contributed by atoms with E-state index in [4.69, 9.17) is 0 Å². The van der Waals surface area contributed by atoms with E-state index in [0.717, 1.165) is 4.90 Å². The topological polar surface area (TPSA) is 52.7 Å². The zero-order chi connectivity index (χ0) is 16.8. The second-order valence-electron chi connectivity index (χ2n) is 5.50. The molecule has 1 rings (SSSR count). The average molecular weight is 360 g/mol. The number of hydrogen-bond donors (Lipinski definition) is 1. The van der Waals surface area contributed by atoms with Gasteiger partial charge in [0.05, 0.1) is 5.92 Å². The molecule has 1 aliphatic rings. The maximum Gasteiger partial charge on any atom is 0.406 e. The van der Waals surface area contributed by atoms with E-state index in [1.165, 1.54) is 6.92 Å². The molecule has 1 aliphatic heterocycles. The highest BCUT2D eigenvalue weighted by atomic mass is 35.5. The zero-order valence-corrected chi connectivity index (χ0v) is 14.3. The minimum atomic E-state index is -4.40. The second kappa shape index (κ2) is 9.97. The Morgan fingerprint density at radius 1 is 1.35 bits per heavy atom. The molecule has 0 aromatic heterocycles. The molecule has 0 bridgehead atoms. The van der Waals surface area contributed by atoms with Gasteiger partial charge >= 0.3 is 6.18 Å². The predicted octanol–water partition coefficient (Wildman–Crippen LogP) is 1.67. The lowest BCUT2D eigenvalue weighted by Gasteiger charge is -2.35. The van der Waals surface area contributed by atoms with Gasteiger partial charge in [0, 0.05) is 32.6 Å². The maximum absolute atomic E-state index is 12.5. The third-order valence-corrected chi connectivity index (χ3v) is 3.78. The first kappa shape index (κ1) is 22.0. The quantitative estimate of drug-likeness (QED) is 0.785. The molecule has 1 fully saturated rings. The van der Waals surface area contributed by atoms with Crippen molar-refractivity contribution >= 4 is 24.2 Å². The molecule has 1 saturated heterocycles. The Bertz CT molecular complexity index is 394. The first-order chi connectivity index (χ1) is 10.3. The number of halogens is 4. The van der Waals surface area contributed by atoms with Crippen LogP contribution in [0.25, 0.3) is 0 Å². The van der Waals surface area contributed by atoms with Gasteiger partial charge in [-0.15, -0.1) is 12.4 Å². The number of nitrogens with one attached hydrogen (secondary N) is 1. The van der Waals surface area contributed by atoms with Gasteiger partial charge in [-0.25, -0.2) is 0 Å². The first-order valence-corrected chi connectivity index (χ1v) is 7.56. The minimum absolute atomic E-state index is 0. The Hall–Kier alpha value is -1.02. The fraction of sp³-hybridized carbons (Fsp3) is 0.857. The third kappa shape index (κ3) is 7.39. The van der Waals surface area contributed by atoms with Gasteiger partial charge in [0.25, 0.3) is 0 Å². The van der Waals surface area contributed by atoms with Crippen molar-refractivity contribution in [2.45, 2.75) is 32.4 Å². The number of likely N-dealkylation sites (tertiary alicyclic amines) is 1. The van der Waals surface area contributed by atoms with Gasteiger partial charge < -0.3 is 15.1 Å². The number of hydrogen-bond acceptors (Lipinski definition) is 3. The average Bonchev–Trinajstić information content (AvgIpc) is 2.48. The number of carbonyl (C=O) groups excluding carboxylic acids is 2. The van der Waals surface area contributed by atoms with Crippen LogP contribution in [0.3, 0.4) is 0 Å². The maximum atomic E-state index is 12.5. The molecular weight excluding hydrogens is 335 g/mol. The summed E-state index contributed by atoms with van der Waals surface area (Å²) in [5, 5.41) is 2.88. The van der Waals surface area contributed by atoms with E-state index < -0.39 is 24.5 Å². The third-order valence-electron chi connectivity index (χ3n) is 3.78. The normalized spacial score (nSPS) is 18.3. The summed E-state index contributed by atoms with van der Waals surface area (Å²) < 4.78 is 37.5. The number of carbonyl (C=O) groups is 2. The van der Waals surface area contributed by atoms with Crippen LogP contribution >= 0.6 is 12.4 Å². The van der Waals surface area contributed by atoms with Crippen molar-refractivity contribution in [3.8, 4) is 0 Å². The molecule has 9 heteroatoms. The molecule has 5 nitrogen and oxygen atoms in total. The van der Waals surface area contributed by atoms with Crippen molar-refractivity contribution < 1.29 is 22.8 Å². The number of alkyl halides is 3. The summed E-state index contributed by atoms with van der Waals surface area (Å²) in [6.07, 6.45) is -2.89. The van der Waals surface area contributed by atoms with E-state index in [1.54, 1.807) is 11.9 Å². The highest BCUT2D eigenvalue weighted by Gasteiger charge is 2.36. The van der Waals surface area contributed by atoms with Crippen molar-refractivity contribution in [2.24, 2.45) is 5.92 Å². The molecule has 1 atom stereocenters. The molecule has 136 valence electrons. The Morgan fingerprint density at radius 3 is 2.52 bits per heavy atom. The van der Waals surface area contributed by atoms with Crippen molar-refractivity contribution in [3.63, 3.8) is 0 Å². The van der Waals surface area contributed by atoms with E-state index >= 15 is 0 Å². The highest BCUT2D eigenvalue weighted by Crippen LogP contribution is 2.22. The highest BCUT2D eigenvalue weighted by molar-refractivity contribution is 5.85. The van der Waals surface area contributed by atoms with Gasteiger partial charge in [0.1, 0.15) is 6.54 Å². The van der Waals surface area contributed by atoms with Crippen molar-refractivity contribution in [3.05, 3.63) is 0 Å². The van der Waals surface area contributed by atoms with Crippen LogP contribution in [-0.2, 0) is 9.59 Å². The van der Waals surface area contributed by atoms with Gasteiger partial charge in [-0.1, -0.05) is 0 Å². The van der Waals surface area contributed by atoms with E-state index in [9.17, 15) is 22.8 Å². The first-order valence-electron chi connectivity index (χ1n) is 7.56. The van der Waals surface area contributed by atoms with Gasteiger partial charge in [-0.3, -0.25) is 9.59 Å². The van der Waals surface area contributed by atoms with Crippen molar-refractivity contribution in [1.82, 2.24) is 15.1 Å². The van der Waals surface area contributed by atoms with Crippen LogP contribution < -0.4 is 5.32 Å². The number of amides is 2. The number of rotatable bonds is 6. The lowest BCUT2D eigenvalue weighted by molar-refractivity contribution is -0.164. The molecule has 1 N–H and O–H groups in total. The molecule has 2 amide bonds. The summed E-state index contributed by atoms with van der Waals surface area (Å²) in [5.74, 6) is -1.11. The lowest BCUT2D eigenvalue weighted by atomic mass is 9.96. The van der Waals surface area contributed by atoms with Crippen LogP contribution in [0.1, 0.15) is 26.2 Å². The fourth-order valence-corrected chi connectivity index (χ4v) is 2.62. The lowest BCUT2D eigenvalue weighted by Crippen LogP contribution is -2.48. The molecular formula is C14H25ClF3N3O2. The number of piperidine rings is 1. The molecule has 0 radical (unpaired) electrons. The van der Waals surface area contributed by atoms with Gasteiger partial charge in [0.2, 0.25) is 11.8 Å². The van der Waals surface area contributed by atoms with E-state index in [2.05, 4.69) is 5.32 Å². The standard InChI is InChI=1S/C14H24F3N3O2.ClH/c1-3-19(10-14(15,16)17)13(22)11-5-4-8-20(9-11)12(21)6-7-18-2;/h11,18H,3-10H2,1-2H3;1H. The molecule has 0 saturated carbocycles. The second-order valence-corrected chi connectivity index (χ2v) is 5.50. The summed E-state index contributed by atoms with van der Waals surface area (Å²) in [6, 6.07) is 0. The molecule has 1 unspecified atom stereocenters. The Morgan fingerprint density at radius 2 is 2.00 bits per heavy atom. The monoisotopic (exact) mass is 359 g/mol. The van der Waals surface area contributed by atoms with Crippen LogP contribution in [0.2, 0.25) is 0 Å². The molecule has 0 aromatic carbocycles. The molecule has 0 spiro atoms. The smallest absolute Gasteiger partial charge is 0.342 e. The minimum Gasteiger partial charge on any atom is -0.342 e. The van der Waals surface area contributed by atoms with Crippen LogP contribution in [0.4, 0.5) is 13.2 Å². The van der Waals surface area contributed by atoms with E-state index in [1.807, 2.05) is 0 Å². The van der Waals surface area contributed by atoms with Crippen molar-refractivity contribution in [2.75, 3.05) is 39.8 Å². The van der Waals surface area contributed by atoms with Crippen LogP contribution in [0, 0.1) is 5.92 Å². The van der Waals surface area contributed by atoms with E-state index in [0.29, 0.717) is 32.4 Å². The SMILES string of the molecule is CCN(CC(F)(F)F)C(=O)C1CCCN(C(=O)CCNC)C1.Cl. The summed E-state index contributed by atoms with van der Waals surface area (Å²) in [7, 11) is 1.74. The van der Waals surface area contributed by atoms with Gasteiger partial charge in [-0.05, 0) is 26.8 Å². The Labute approximate surface area is 141 Å².